The molecule has 1 aromatic carbocycles. The van der Waals surface area contributed by atoms with Crippen LogP contribution in [-0.2, 0) is 4.74 Å². The van der Waals surface area contributed by atoms with Gasteiger partial charge in [-0.25, -0.2) is 4.79 Å². The summed E-state index contributed by atoms with van der Waals surface area (Å²) >= 11 is 0. The van der Waals surface area contributed by atoms with Crippen molar-refractivity contribution < 1.29 is 9.53 Å². The molecule has 82 valence electrons. The SMILES string of the molecule is Cc1ccc(C(=O)OC(C)N)c(C)c1C. The van der Waals surface area contributed by atoms with Crippen LogP contribution in [0.2, 0.25) is 0 Å². The van der Waals surface area contributed by atoms with Crippen LogP contribution in [0.4, 0.5) is 0 Å². The molecule has 1 rings (SSSR count). The fraction of sp³-hybridized carbons (Fsp3) is 0.417. The highest BCUT2D eigenvalue weighted by atomic mass is 16.6. The lowest BCUT2D eigenvalue weighted by molar-refractivity contribution is 0.0354. The molecule has 3 heteroatoms. The van der Waals surface area contributed by atoms with Crippen LogP contribution in [0.3, 0.4) is 0 Å². The Morgan fingerprint density at radius 1 is 1.27 bits per heavy atom. The molecule has 0 fully saturated rings. The molecule has 0 radical (unpaired) electrons. The summed E-state index contributed by atoms with van der Waals surface area (Å²) in [6, 6.07) is 3.70. The zero-order valence-electron chi connectivity index (χ0n) is 9.63. The van der Waals surface area contributed by atoms with Gasteiger partial charge < -0.3 is 4.74 Å². The summed E-state index contributed by atoms with van der Waals surface area (Å²) < 4.78 is 4.95. The molecule has 1 atom stereocenters. The van der Waals surface area contributed by atoms with E-state index in [-0.39, 0.29) is 5.97 Å². The molecule has 15 heavy (non-hydrogen) atoms. The Morgan fingerprint density at radius 2 is 1.87 bits per heavy atom. The fourth-order valence-corrected chi connectivity index (χ4v) is 1.41. The minimum Gasteiger partial charge on any atom is -0.444 e. The quantitative estimate of drug-likeness (QED) is 0.596. The lowest BCUT2D eigenvalue weighted by Crippen LogP contribution is -2.24. The van der Waals surface area contributed by atoms with Crippen LogP contribution in [0.25, 0.3) is 0 Å². The van der Waals surface area contributed by atoms with E-state index < -0.39 is 6.23 Å². The summed E-state index contributed by atoms with van der Waals surface area (Å²) in [6.45, 7) is 7.56. The summed E-state index contributed by atoms with van der Waals surface area (Å²) in [4.78, 5) is 11.6. The van der Waals surface area contributed by atoms with Crippen molar-refractivity contribution in [3.63, 3.8) is 0 Å². The van der Waals surface area contributed by atoms with E-state index in [0.29, 0.717) is 5.56 Å². The minimum absolute atomic E-state index is 0.356. The molecule has 1 unspecified atom stereocenters. The summed E-state index contributed by atoms with van der Waals surface area (Å²) in [5.74, 6) is -0.356. The van der Waals surface area contributed by atoms with E-state index in [1.54, 1.807) is 13.0 Å². The van der Waals surface area contributed by atoms with Crippen molar-refractivity contribution in [2.75, 3.05) is 0 Å². The average molecular weight is 207 g/mol. The monoisotopic (exact) mass is 207 g/mol. The van der Waals surface area contributed by atoms with Crippen molar-refractivity contribution in [3.8, 4) is 0 Å². The van der Waals surface area contributed by atoms with Crippen LogP contribution in [0, 0.1) is 20.8 Å². The molecule has 0 spiro atoms. The Morgan fingerprint density at radius 3 is 2.40 bits per heavy atom. The molecule has 0 amide bonds. The van der Waals surface area contributed by atoms with E-state index in [1.165, 1.54) is 5.56 Å². The first kappa shape index (κ1) is 11.7. The molecular weight excluding hydrogens is 190 g/mol. The Labute approximate surface area is 90.2 Å². The molecule has 0 heterocycles. The Kier molecular flexibility index (Phi) is 3.48. The van der Waals surface area contributed by atoms with Crippen molar-refractivity contribution in [2.24, 2.45) is 5.73 Å². The second-order valence-electron chi connectivity index (χ2n) is 3.79. The predicted octanol–water partition coefficient (Wildman–Crippen LogP) is 2.07. The van der Waals surface area contributed by atoms with E-state index in [4.69, 9.17) is 10.5 Å². The van der Waals surface area contributed by atoms with E-state index in [9.17, 15) is 4.79 Å². The van der Waals surface area contributed by atoms with Gasteiger partial charge in [0.2, 0.25) is 0 Å². The third-order valence-corrected chi connectivity index (χ3v) is 2.57. The van der Waals surface area contributed by atoms with Crippen molar-refractivity contribution in [3.05, 3.63) is 34.4 Å². The number of carbonyl (C=O) groups is 1. The van der Waals surface area contributed by atoms with Crippen molar-refractivity contribution >= 4 is 5.97 Å². The van der Waals surface area contributed by atoms with Crippen LogP contribution >= 0.6 is 0 Å². The molecule has 0 saturated heterocycles. The van der Waals surface area contributed by atoms with E-state index in [1.807, 2.05) is 26.8 Å². The molecule has 2 N–H and O–H groups in total. The van der Waals surface area contributed by atoms with Gasteiger partial charge in [0.05, 0.1) is 5.56 Å². The van der Waals surface area contributed by atoms with E-state index >= 15 is 0 Å². The number of rotatable bonds is 2. The number of carbonyl (C=O) groups excluding carboxylic acids is 1. The number of benzene rings is 1. The first-order valence-corrected chi connectivity index (χ1v) is 4.97. The maximum atomic E-state index is 11.6. The van der Waals surface area contributed by atoms with Crippen molar-refractivity contribution in [1.82, 2.24) is 0 Å². The van der Waals surface area contributed by atoms with Gasteiger partial charge in [-0.3, -0.25) is 5.73 Å². The normalized spacial score (nSPS) is 12.3. The Hall–Kier alpha value is -1.35. The van der Waals surface area contributed by atoms with Gasteiger partial charge in [-0.2, -0.15) is 0 Å². The summed E-state index contributed by atoms with van der Waals surface area (Å²) in [5.41, 5.74) is 9.25. The predicted molar refractivity (Wildman–Crippen MR) is 59.7 cm³/mol. The first-order chi connectivity index (χ1) is 6.93. The first-order valence-electron chi connectivity index (χ1n) is 4.97. The van der Waals surface area contributed by atoms with Crippen molar-refractivity contribution in [1.29, 1.82) is 0 Å². The standard InChI is InChI=1S/C12H17NO2/c1-7-5-6-11(9(3)8(7)2)12(14)15-10(4)13/h5-6,10H,13H2,1-4H3. The Bertz CT molecular complexity index is 383. The highest BCUT2D eigenvalue weighted by Crippen LogP contribution is 2.18. The molecule has 0 aromatic heterocycles. The smallest absolute Gasteiger partial charge is 0.339 e. The van der Waals surface area contributed by atoms with Gasteiger partial charge >= 0.3 is 5.97 Å². The largest absolute Gasteiger partial charge is 0.444 e. The van der Waals surface area contributed by atoms with Gasteiger partial charge in [-0.1, -0.05) is 6.07 Å². The molecule has 0 aliphatic rings. The van der Waals surface area contributed by atoms with E-state index in [2.05, 4.69) is 0 Å². The van der Waals surface area contributed by atoms with Gasteiger partial charge in [0.15, 0.2) is 0 Å². The van der Waals surface area contributed by atoms with Crippen LogP contribution in [0.1, 0.15) is 34.0 Å². The van der Waals surface area contributed by atoms with Gasteiger partial charge in [0.25, 0.3) is 0 Å². The topological polar surface area (TPSA) is 52.3 Å². The maximum Gasteiger partial charge on any atom is 0.339 e. The molecule has 3 nitrogen and oxygen atoms in total. The van der Waals surface area contributed by atoms with Gasteiger partial charge in [0, 0.05) is 0 Å². The fourth-order valence-electron chi connectivity index (χ4n) is 1.41. The average Bonchev–Trinajstić information content (AvgIpc) is 2.13. The highest BCUT2D eigenvalue weighted by molar-refractivity contribution is 5.91. The summed E-state index contributed by atoms with van der Waals surface area (Å²) in [5, 5.41) is 0. The second kappa shape index (κ2) is 4.45. The number of nitrogens with two attached hydrogens (primary N) is 1. The van der Waals surface area contributed by atoms with Crippen molar-refractivity contribution in [2.45, 2.75) is 33.9 Å². The molecule has 0 bridgehead atoms. The van der Waals surface area contributed by atoms with Crippen LogP contribution in [0.5, 0.6) is 0 Å². The summed E-state index contributed by atoms with van der Waals surface area (Å²) in [6.07, 6.45) is -0.571. The number of hydrogen-bond donors (Lipinski definition) is 1. The van der Waals surface area contributed by atoms with Crippen LogP contribution in [0.15, 0.2) is 12.1 Å². The molecule has 0 aliphatic heterocycles. The lowest BCUT2D eigenvalue weighted by Gasteiger charge is -2.12. The molecule has 0 aliphatic carbocycles. The molecule has 1 aromatic rings. The number of ether oxygens (including phenoxy) is 1. The summed E-state index contributed by atoms with van der Waals surface area (Å²) in [7, 11) is 0. The third kappa shape index (κ3) is 2.57. The number of hydrogen-bond acceptors (Lipinski definition) is 3. The second-order valence-corrected chi connectivity index (χ2v) is 3.79. The zero-order valence-corrected chi connectivity index (χ0v) is 9.63. The van der Waals surface area contributed by atoms with Crippen LogP contribution < -0.4 is 5.73 Å². The number of aryl methyl sites for hydroxylation is 1. The Balaban J connectivity index is 3.06. The third-order valence-electron chi connectivity index (χ3n) is 2.57. The number of esters is 1. The maximum absolute atomic E-state index is 11.6. The molecule has 0 saturated carbocycles. The molecular formula is C12H17NO2. The lowest BCUT2D eigenvalue weighted by atomic mass is 9.99. The van der Waals surface area contributed by atoms with Gasteiger partial charge in [-0.15, -0.1) is 0 Å². The van der Waals surface area contributed by atoms with Gasteiger partial charge in [0.1, 0.15) is 6.23 Å². The highest BCUT2D eigenvalue weighted by Gasteiger charge is 2.13. The zero-order chi connectivity index (χ0) is 11.6. The van der Waals surface area contributed by atoms with E-state index in [0.717, 1.165) is 11.1 Å². The minimum atomic E-state index is -0.571. The van der Waals surface area contributed by atoms with Crippen LogP contribution in [-0.4, -0.2) is 12.2 Å². The van der Waals surface area contributed by atoms with Gasteiger partial charge in [-0.05, 0) is 50.5 Å².